The van der Waals surface area contributed by atoms with Crippen molar-refractivity contribution in [3.05, 3.63) is 40.5 Å². The Morgan fingerprint density at radius 3 is 1.81 bits per heavy atom. The van der Waals surface area contributed by atoms with Gasteiger partial charge in [0.05, 0.1) is 0 Å². The van der Waals surface area contributed by atoms with Crippen molar-refractivity contribution in [2.24, 2.45) is 0 Å². The van der Waals surface area contributed by atoms with Crippen LogP contribution < -0.4 is 0 Å². The van der Waals surface area contributed by atoms with E-state index in [9.17, 15) is 0 Å². The second-order valence-electron chi connectivity index (χ2n) is 4.18. The summed E-state index contributed by atoms with van der Waals surface area (Å²) in [5, 5.41) is 0. The molecule has 0 spiro atoms. The standard InChI is InChI=1S/C16H24/c1-6-12-11-13(7-2)15(9-4)16(10-5)14(12)8-3/h6,11H,1,7-10H2,2-5H3. The van der Waals surface area contributed by atoms with Crippen LogP contribution in [0.1, 0.15) is 55.5 Å². The molecule has 0 unspecified atom stereocenters. The molecule has 0 heteroatoms. The molecule has 0 nitrogen and oxygen atoms in total. The largest absolute Gasteiger partial charge is 0.0985 e. The van der Waals surface area contributed by atoms with Crippen molar-refractivity contribution in [1.29, 1.82) is 0 Å². The highest BCUT2D eigenvalue weighted by Gasteiger charge is 2.12. The summed E-state index contributed by atoms with van der Waals surface area (Å²) in [4.78, 5) is 0. The van der Waals surface area contributed by atoms with Gasteiger partial charge in [-0.15, -0.1) is 0 Å². The second-order valence-corrected chi connectivity index (χ2v) is 4.18. The van der Waals surface area contributed by atoms with Gasteiger partial charge in [-0.1, -0.05) is 46.4 Å². The highest BCUT2D eigenvalue weighted by molar-refractivity contribution is 5.59. The minimum Gasteiger partial charge on any atom is -0.0985 e. The third-order valence-corrected chi connectivity index (χ3v) is 3.46. The van der Waals surface area contributed by atoms with Crippen molar-refractivity contribution >= 4 is 6.08 Å². The highest BCUT2D eigenvalue weighted by atomic mass is 14.2. The van der Waals surface area contributed by atoms with Crippen LogP contribution in [0.4, 0.5) is 0 Å². The second kappa shape index (κ2) is 5.89. The molecule has 1 aromatic rings. The summed E-state index contributed by atoms with van der Waals surface area (Å²) in [6.07, 6.45) is 6.54. The van der Waals surface area contributed by atoms with Crippen LogP contribution in [0.2, 0.25) is 0 Å². The molecule has 88 valence electrons. The molecule has 0 fully saturated rings. The van der Waals surface area contributed by atoms with Crippen LogP contribution in [-0.4, -0.2) is 0 Å². The fourth-order valence-corrected chi connectivity index (χ4v) is 2.69. The van der Waals surface area contributed by atoms with Crippen LogP contribution in [0, 0.1) is 0 Å². The molecule has 0 atom stereocenters. The van der Waals surface area contributed by atoms with Crippen LogP contribution >= 0.6 is 0 Å². The Bertz CT molecular complexity index is 372. The van der Waals surface area contributed by atoms with E-state index < -0.39 is 0 Å². The van der Waals surface area contributed by atoms with Gasteiger partial charge >= 0.3 is 0 Å². The lowest BCUT2D eigenvalue weighted by Crippen LogP contribution is -2.05. The molecule has 0 radical (unpaired) electrons. The lowest BCUT2D eigenvalue weighted by Gasteiger charge is -2.18. The molecular formula is C16H24. The first-order valence-corrected chi connectivity index (χ1v) is 6.52. The monoisotopic (exact) mass is 216 g/mol. The van der Waals surface area contributed by atoms with E-state index in [0.717, 1.165) is 25.7 Å². The lowest BCUT2D eigenvalue weighted by molar-refractivity contribution is 0.942. The van der Waals surface area contributed by atoms with E-state index in [2.05, 4.69) is 40.3 Å². The molecule has 0 saturated heterocycles. The third-order valence-electron chi connectivity index (χ3n) is 3.46. The molecule has 0 aromatic heterocycles. The fourth-order valence-electron chi connectivity index (χ4n) is 2.69. The van der Waals surface area contributed by atoms with Gasteiger partial charge in [-0.2, -0.15) is 0 Å². The maximum atomic E-state index is 3.95. The van der Waals surface area contributed by atoms with Crippen LogP contribution in [0.15, 0.2) is 12.6 Å². The Labute approximate surface area is 100 Å². The van der Waals surface area contributed by atoms with E-state index in [0.29, 0.717) is 0 Å². The predicted octanol–water partition coefficient (Wildman–Crippen LogP) is 4.58. The van der Waals surface area contributed by atoms with E-state index in [-0.39, 0.29) is 0 Å². The summed E-state index contributed by atoms with van der Waals surface area (Å²) in [5.41, 5.74) is 7.50. The molecule has 1 aromatic carbocycles. The number of hydrogen-bond donors (Lipinski definition) is 0. The molecule has 0 N–H and O–H groups in total. The van der Waals surface area contributed by atoms with E-state index in [4.69, 9.17) is 0 Å². The average molecular weight is 216 g/mol. The van der Waals surface area contributed by atoms with Gasteiger partial charge in [0, 0.05) is 0 Å². The number of rotatable bonds is 5. The average Bonchev–Trinajstić information content (AvgIpc) is 2.35. The molecule has 0 bridgehead atoms. The molecule has 16 heavy (non-hydrogen) atoms. The molecule has 0 aliphatic heterocycles. The summed E-state index contributed by atoms with van der Waals surface area (Å²) >= 11 is 0. The number of benzene rings is 1. The van der Waals surface area contributed by atoms with Gasteiger partial charge in [-0.05, 0) is 53.5 Å². The van der Waals surface area contributed by atoms with Gasteiger partial charge in [0.25, 0.3) is 0 Å². The van der Waals surface area contributed by atoms with Crippen molar-refractivity contribution in [2.45, 2.75) is 53.4 Å². The molecule has 0 aliphatic carbocycles. The van der Waals surface area contributed by atoms with Crippen molar-refractivity contribution in [2.75, 3.05) is 0 Å². The topological polar surface area (TPSA) is 0 Å². The first-order valence-electron chi connectivity index (χ1n) is 6.52. The molecular weight excluding hydrogens is 192 g/mol. The summed E-state index contributed by atoms with van der Waals surface area (Å²) in [6, 6.07) is 2.34. The van der Waals surface area contributed by atoms with Gasteiger partial charge < -0.3 is 0 Å². The summed E-state index contributed by atoms with van der Waals surface area (Å²) in [5.74, 6) is 0. The van der Waals surface area contributed by atoms with Crippen LogP contribution in [0.25, 0.3) is 6.08 Å². The van der Waals surface area contributed by atoms with Gasteiger partial charge in [0.1, 0.15) is 0 Å². The maximum absolute atomic E-state index is 3.95. The Kier molecular flexibility index (Phi) is 4.79. The maximum Gasteiger partial charge on any atom is -0.0225 e. The van der Waals surface area contributed by atoms with E-state index in [1.54, 1.807) is 11.1 Å². The summed E-state index contributed by atoms with van der Waals surface area (Å²) in [6.45, 7) is 13.0. The molecule has 0 aliphatic rings. The smallest absolute Gasteiger partial charge is 0.0225 e. The predicted molar refractivity (Wildman–Crippen MR) is 74.0 cm³/mol. The quantitative estimate of drug-likeness (QED) is 0.676. The lowest BCUT2D eigenvalue weighted by atomic mass is 9.87. The number of hydrogen-bond acceptors (Lipinski definition) is 0. The minimum atomic E-state index is 1.11. The highest BCUT2D eigenvalue weighted by Crippen LogP contribution is 2.26. The first kappa shape index (κ1) is 13.0. The van der Waals surface area contributed by atoms with Crippen molar-refractivity contribution < 1.29 is 0 Å². The van der Waals surface area contributed by atoms with Gasteiger partial charge in [0.15, 0.2) is 0 Å². The molecule has 0 heterocycles. The van der Waals surface area contributed by atoms with Crippen molar-refractivity contribution in [3.8, 4) is 0 Å². The molecule has 0 amide bonds. The molecule has 0 saturated carbocycles. The third kappa shape index (κ3) is 2.21. The van der Waals surface area contributed by atoms with Crippen LogP contribution in [-0.2, 0) is 25.7 Å². The summed E-state index contributed by atoms with van der Waals surface area (Å²) in [7, 11) is 0. The zero-order valence-corrected chi connectivity index (χ0v) is 11.2. The van der Waals surface area contributed by atoms with E-state index in [1.165, 1.54) is 16.7 Å². The normalized spacial score (nSPS) is 10.5. The SMILES string of the molecule is C=Cc1cc(CC)c(CC)c(CC)c1CC. The van der Waals surface area contributed by atoms with Crippen LogP contribution in [0.3, 0.4) is 0 Å². The Balaban J connectivity index is 3.54. The zero-order valence-electron chi connectivity index (χ0n) is 11.2. The van der Waals surface area contributed by atoms with Crippen molar-refractivity contribution in [3.63, 3.8) is 0 Å². The van der Waals surface area contributed by atoms with Crippen molar-refractivity contribution in [1.82, 2.24) is 0 Å². The Morgan fingerprint density at radius 2 is 1.44 bits per heavy atom. The van der Waals surface area contributed by atoms with Gasteiger partial charge in [-0.25, -0.2) is 0 Å². The molecule has 1 rings (SSSR count). The van der Waals surface area contributed by atoms with Gasteiger partial charge in [0.2, 0.25) is 0 Å². The van der Waals surface area contributed by atoms with E-state index in [1.807, 2.05) is 6.08 Å². The minimum absolute atomic E-state index is 1.11. The number of aryl methyl sites for hydroxylation is 1. The Hall–Kier alpha value is -1.04. The van der Waals surface area contributed by atoms with Crippen LogP contribution in [0.5, 0.6) is 0 Å². The van der Waals surface area contributed by atoms with Gasteiger partial charge in [-0.3, -0.25) is 0 Å². The van der Waals surface area contributed by atoms with E-state index >= 15 is 0 Å². The first-order chi connectivity index (χ1) is 7.73. The Morgan fingerprint density at radius 1 is 0.875 bits per heavy atom. The fraction of sp³-hybridized carbons (Fsp3) is 0.500. The summed E-state index contributed by atoms with van der Waals surface area (Å²) < 4.78 is 0. The zero-order chi connectivity index (χ0) is 12.1.